The molecule has 1 saturated heterocycles. The molecule has 0 radical (unpaired) electrons. The molecule has 10 nitrogen and oxygen atoms in total. The monoisotopic (exact) mass is 547 g/mol. The Labute approximate surface area is 219 Å². The Kier molecular flexibility index (Phi) is 7.03. The number of nitrogens with zero attached hydrogens (tertiary/aromatic N) is 3. The molecule has 2 aromatic heterocycles. The summed E-state index contributed by atoms with van der Waals surface area (Å²) in [6, 6.07) is 4.47. The van der Waals surface area contributed by atoms with Crippen molar-refractivity contribution in [2.45, 2.75) is 19.1 Å². The minimum atomic E-state index is -5.35. The van der Waals surface area contributed by atoms with Crippen LogP contribution in [0.15, 0.2) is 29.2 Å². The first-order chi connectivity index (χ1) is 18.7. The number of aromatic nitrogens is 2. The van der Waals surface area contributed by atoms with Gasteiger partial charge in [0.05, 0.1) is 44.1 Å². The van der Waals surface area contributed by atoms with Crippen LogP contribution in [0.25, 0.3) is 22.0 Å². The van der Waals surface area contributed by atoms with Gasteiger partial charge in [-0.1, -0.05) is 0 Å². The van der Waals surface area contributed by atoms with E-state index in [1.54, 1.807) is 12.1 Å². The van der Waals surface area contributed by atoms with Gasteiger partial charge in [0, 0.05) is 43.3 Å². The predicted molar refractivity (Wildman–Crippen MR) is 132 cm³/mol. The van der Waals surface area contributed by atoms with E-state index in [1.807, 2.05) is 0 Å². The van der Waals surface area contributed by atoms with Crippen LogP contribution in [-0.4, -0.2) is 79.4 Å². The number of alkyl halides is 3. The molecule has 3 aromatic rings. The van der Waals surface area contributed by atoms with Gasteiger partial charge in [-0.3, -0.25) is 19.5 Å². The summed E-state index contributed by atoms with van der Waals surface area (Å²) < 4.78 is 61.8. The lowest BCUT2D eigenvalue weighted by molar-refractivity contribution is -0.189. The molecule has 3 heterocycles. The third-order valence-corrected chi connectivity index (χ3v) is 6.75. The van der Waals surface area contributed by atoms with Crippen molar-refractivity contribution in [2.75, 3.05) is 47.1 Å². The zero-order chi connectivity index (χ0) is 27.9. The maximum atomic E-state index is 13.9. The fourth-order valence-electron chi connectivity index (χ4n) is 5.01. The Morgan fingerprint density at radius 1 is 1.10 bits per heavy atom. The molecule has 1 fully saturated rings. The lowest BCUT2D eigenvalue weighted by atomic mass is 10.0. The third-order valence-electron chi connectivity index (χ3n) is 6.75. The third kappa shape index (κ3) is 4.61. The molecule has 2 aliphatic rings. The number of benzene rings is 1. The second kappa shape index (κ2) is 10.3. The SMILES string of the molecule is COc1cc2c(=O)n(CCCN3CCOCC3)c3c(c2c(OC(=O)C(F)(F)F)c1OC)C(=O)c1ncccc1-3. The normalized spacial score (nSPS) is 15.3. The molecule has 13 heteroatoms. The number of halogens is 3. The topological polar surface area (TPSA) is 109 Å². The van der Waals surface area contributed by atoms with E-state index in [4.69, 9.17) is 18.9 Å². The van der Waals surface area contributed by atoms with Crippen LogP contribution in [0.1, 0.15) is 22.5 Å². The van der Waals surface area contributed by atoms with Gasteiger partial charge in [0.1, 0.15) is 5.69 Å². The van der Waals surface area contributed by atoms with Crippen LogP contribution < -0.4 is 19.8 Å². The average Bonchev–Trinajstić information content (AvgIpc) is 3.22. The minimum Gasteiger partial charge on any atom is -0.493 e. The molecule has 0 saturated carbocycles. The van der Waals surface area contributed by atoms with Crippen LogP contribution in [0.5, 0.6) is 17.2 Å². The van der Waals surface area contributed by atoms with Gasteiger partial charge in [0.15, 0.2) is 11.5 Å². The van der Waals surface area contributed by atoms with Crippen molar-refractivity contribution >= 4 is 22.5 Å². The summed E-state index contributed by atoms with van der Waals surface area (Å²) in [5, 5.41) is -0.443. The Morgan fingerprint density at radius 3 is 2.51 bits per heavy atom. The number of ether oxygens (including phenoxy) is 4. The number of hydrogen-bond acceptors (Lipinski definition) is 9. The molecule has 0 amide bonds. The van der Waals surface area contributed by atoms with E-state index >= 15 is 0 Å². The number of fused-ring (bicyclic) bond motifs is 5. The first-order valence-corrected chi connectivity index (χ1v) is 12.1. The fraction of sp³-hybridized carbons (Fsp3) is 0.385. The van der Waals surface area contributed by atoms with Crippen molar-refractivity contribution in [3.63, 3.8) is 0 Å². The van der Waals surface area contributed by atoms with Crippen LogP contribution in [0.4, 0.5) is 13.2 Å². The van der Waals surface area contributed by atoms with Crippen molar-refractivity contribution in [1.29, 1.82) is 0 Å². The molecule has 0 spiro atoms. The van der Waals surface area contributed by atoms with Gasteiger partial charge in [-0.25, -0.2) is 4.79 Å². The number of carbonyl (C=O) groups excluding carboxylic acids is 2. The maximum absolute atomic E-state index is 13.9. The summed E-state index contributed by atoms with van der Waals surface area (Å²) in [6.07, 6.45) is -3.41. The largest absolute Gasteiger partial charge is 0.493 e. The van der Waals surface area contributed by atoms with Crippen LogP contribution in [0, 0.1) is 0 Å². The Morgan fingerprint density at radius 2 is 1.85 bits per heavy atom. The molecule has 39 heavy (non-hydrogen) atoms. The molecule has 0 bridgehead atoms. The van der Waals surface area contributed by atoms with E-state index in [-0.39, 0.29) is 45.8 Å². The van der Waals surface area contributed by atoms with Gasteiger partial charge in [0.25, 0.3) is 5.56 Å². The first-order valence-electron chi connectivity index (χ1n) is 12.1. The number of pyridine rings is 2. The van der Waals surface area contributed by atoms with E-state index in [9.17, 15) is 27.6 Å². The van der Waals surface area contributed by atoms with Crippen molar-refractivity contribution in [1.82, 2.24) is 14.5 Å². The van der Waals surface area contributed by atoms with Crippen LogP contribution in [0.3, 0.4) is 0 Å². The van der Waals surface area contributed by atoms with E-state index in [0.717, 1.165) is 20.2 Å². The number of ketones is 1. The Bertz CT molecular complexity index is 1530. The molecule has 5 rings (SSSR count). The Balaban J connectivity index is 1.76. The molecule has 1 aliphatic carbocycles. The van der Waals surface area contributed by atoms with Gasteiger partial charge in [-0.15, -0.1) is 0 Å². The highest BCUT2D eigenvalue weighted by molar-refractivity contribution is 6.27. The quantitative estimate of drug-likeness (QED) is 0.255. The fourth-order valence-corrected chi connectivity index (χ4v) is 5.01. The van der Waals surface area contributed by atoms with Crippen LogP contribution >= 0.6 is 0 Å². The molecular weight excluding hydrogens is 523 g/mol. The highest BCUT2D eigenvalue weighted by Gasteiger charge is 2.44. The van der Waals surface area contributed by atoms with Crippen LogP contribution in [0.2, 0.25) is 0 Å². The highest BCUT2D eigenvalue weighted by atomic mass is 19.4. The summed E-state index contributed by atoms with van der Waals surface area (Å²) in [4.78, 5) is 45.9. The number of hydrogen-bond donors (Lipinski definition) is 0. The van der Waals surface area contributed by atoms with Crippen molar-refractivity contribution in [3.05, 3.63) is 46.0 Å². The molecule has 0 atom stereocenters. The molecule has 0 unspecified atom stereocenters. The predicted octanol–water partition coefficient (Wildman–Crippen LogP) is 2.82. The smallest absolute Gasteiger partial charge is 0.491 e. The number of esters is 1. The average molecular weight is 547 g/mol. The van der Waals surface area contributed by atoms with Crippen molar-refractivity contribution in [3.8, 4) is 28.5 Å². The van der Waals surface area contributed by atoms with Gasteiger partial charge < -0.3 is 23.5 Å². The zero-order valence-electron chi connectivity index (χ0n) is 21.1. The number of carbonyl (C=O) groups is 2. The van der Waals surface area contributed by atoms with E-state index in [2.05, 4.69) is 9.88 Å². The lowest BCUT2D eigenvalue weighted by Gasteiger charge is -2.26. The van der Waals surface area contributed by atoms with Gasteiger partial charge in [0.2, 0.25) is 11.5 Å². The van der Waals surface area contributed by atoms with Gasteiger partial charge >= 0.3 is 12.1 Å². The lowest BCUT2D eigenvalue weighted by Crippen LogP contribution is -2.37. The summed E-state index contributed by atoms with van der Waals surface area (Å²) >= 11 is 0. The second-order valence-corrected chi connectivity index (χ2v) is 8.97. The number of morpholine rings is 1. The van der Waals surface area contributed by atoms with E-state index < -0.39 is 29.2 Å². The highest BCUT2D eigenvalue weighted by Crippen LogP contribution is 2.48. The molecule has 0 N–H and O–H groups in total. The standard InChI is InChI=1S/C26H24F3N3O7/c1-36-16-13-15-17(23(22(16)37-2)39-25(35)26(27,28)29)18-20(14-5-3-6-30-19(14)21(18)33)32(24(15)34)8-4-7-31-9-11-38-12-10-31/h3,5-6,13H,4,7-12H2,1-2H3. The summed E-state index contributed by atoms with van der Waals surface area (Å²) in [7, 11) is 2.36. The Hall–Kier alpha value is -3.97. The molecule has 1 aromatic carbocycles. The van der Waals surface area contributed by atoms with Gasteiger partial charge in [-0.2, -0.15) is 13.2 Å². The van der Waals surface area contributed by atoms with Crippen LogP contribution in [-0.2, 0) is 16.1 Å². The minimum absolute atomic E-state index is 0.0317. The molecule has 1 aliphatic heterocycles. The number of rotatable bonds is 7. The van der Waals surface area contributed by atoms with Gasteiger partial charge in [-0.05, 0) is 24.6 Å². The van der Waals surface area contributed by atoms with Crippen molar-refractivity contribution < 1.29 is 41.7 Å². The summed E-state index contributed by atoms with van der Waals surface area (Å²) in [5.41, 5.74) is -0.120. The second-order valence-electron chi connectivity index (χ2n) is 8.97. The summed E-state index contributed by atoms with van der Waals surface area (Å²) in [6.45, 7) is 3.60. The zero-order valence-corrected chi connectivity index (χ0v) is 21.1. The molecule has 206 valence electrons. The first kappa shape index (κ1) is 26.6. The van der Waals surface area contributed by atoms with E-state index in [0.29, 0.717) is 31.7 Å². The molecular formula is C26H24F3N3O7. The van der Waals surface area contributed by atoms with E-state index in [1.165, 1.54) is 23.9 Å². The number of methoxy groups -OCH3 is 2. The maximum Gasteiger partial charge on any atom is 0.491 e. The summed E-state index contributed by atoms with van der Waals surface area (Å²) in [5.74, 6) is -4.41. The van der Waals surface area contributed by atoms with Crippen molar-refractivity contribution in [2.24, 2.45) is 0 Å².